The summed E-state index contributed by atoms with van der Waals surface area (Å²) in [7, 11) is 1.84. The number of amides is 1. The SMILES string of the molecule is C[C@H]1CN(C)C(=O)CN1c1nccc(C(C)(C)C)n1. The van der Waals surface area contributed by atoms with Crippen LogP contribution in [0, 0.1) is 0 Å². The van der Waals surface area contributed by atoms with Gasteiger partial charge in [0, 0.05) is 31.2 Å². The molecule has 1 saturated heterocycles. The lowest BCUT2D eigenvalue weighted by Crippen LogP contribution is -2.54. The number of nitrogens with zero attached hydrogens (tertiary/aromatic N) is 4. The smallest absolute Gasteiger partial charge is 0.242 e. The summed E-state index contributed by atoms with van der Waals surface area (Å²) in [5.41, 5.74) is 0.980. The van der Waals surface area contributed by atoms with E-state index in [1.54, 1.807) is 11.1 Å². The lowest BCUT2D eigenvalue weighted by atomic mass is 9.92. The van der Waals surface area contributed by atoms with Gasteiger partial charge < -0.3 is 9.80 Å². The summed E-state index contributed by atoms with van der Waals surface area (Å²) in [4.78, 5) is 24.5. The van der Waals surface area contributed by atoms with E-state index in [4.69, 9.17) is 0 Å². The molecule has 0 radical (unpaired) electrons. The third-order valence-corrected chi connectivity index (χ3v) is 3.47. The van der Waals surface area contributed by atoms with E-state index in [1.165, 1.54) is 0 Å². The summed E-state index contributed by atoms with van der Waals surface area (Å²) in [6, 6.07) is 2.17. The van der Waals surface area contributed by atoms with Crippen molar-refractivity contribution in [3.05, 3.63) is 18.0 Å². The Hall–Kier alpha value is -1.65. The van der Waals surface area contributed by atoms with Gasteiger partial charge in [0.15, 0.2) is 0 Å². The summed E-state index contributed by atoms with van der Waals surface area (Å²) < 4.78 is 0. The topological polar surface area (TPSA) is 49.3 Å². The highest BCUT2D eigenvalue weighted by Gasteiger charge is 2.29. The Kier molecular flexibility index (Phi) is 3.47. The molecule has 2 rings (SSSR count). The maximum absolute atomic E-state index is 11.8. The second-order valence-electron chi connectivity index (χ2n) is 6.24. The number of carbonyl (C=O) groups is 1. The number of hydrogen-bond donors (Lipinski definition) is 0. The third kappa shape index (κ3) is 2.85. The molecule has 0 saturated carbocycles. The van der Waals surface area contributed by atoms with Crippen LogP contribution in [0.1, 0.15) is 33.4 Å². The molecule has 1 aromatic heterocycles. The standard InChI is InChI=1S/C14H22N4O/c1-10-8-17(5)12(19)9-18(10)13-15-7-6-11(16-13)14(2,3)4/h6-7,10H,8-9H2,1-5H3/t10-/m0/s1. The van der Waals surface area contributed by atoms with Crippen molar-refractivity contribution in [2.75, 3.05) is 25.0 Å². The minimum Gasteiger partial charge on any atom is -0.342 e. The molecule has 5 nitrogen and oxygen atoms in total. The minimum atomic E-state index is -0.0164. The van der Waals surface area contributed by atoms with Crippen LogP contribution in [-0.4, -0.2) is 47.0 Å². The van der Waals surface area contributed by atoms with Gasteiger partial charge in [0.25, 0.3) is 0 Å². The normalized spacial score (nSPS) is 20.9. The first-order valence-electron chi connectivity index (χ1n) is 6.63. The summed E-state index contributed by atoms with van der Waals surface area (Å²) in [6.45, 7) is 9.52. The van der Waals surface area contributed by atoms with Crippen LogP contribution in [0.3, 0.4) is 0 Å². The molecule has 1 fully saturated rings. The van der Waals surface area contributed by atoms with E-state index in [-0.39, 0.29) is 17.4 Å². The van der Waals surface area contributed by atoms with Crippen LogP contribution in [-0.2, 0) is 10.2 Å². The van der Waals surface area contributed by atoms with Gasteiger partial charge >= 0.3 is 0 Å². The van der Waals surface area contributed by atoms with Crippen LogP contribution in [0.15, 0.2) is 12.3 Å². The zero-order valence-corrected chi connectivity index (χ0v) is 12.3. The number of rotatable bonds is 1. The molecule has 0 aromatic carbocycles. The second kappa shape index (κ2) is 4.79. The van der Waals surface area contributed by atoms with Crippen molar-refractivity contribution >= 4 is 11.9 Å². The van der Waals surface area contributed by atoms with Gasteiger partial charge in [0.05, 0.1) is 5.69 Å². The van der Waals surface area contributed by atoms with Gasteiger partial charge in [-0.2, -0.15) is 0 Å². The summed E-state index contributed by atoms with van der Waals surface area (Å²) in [6.07, 6.45) is 1.78. The molecular weight excluding hydrogens is 240 g/mol. The van der Waals surface area contributed by atoms with Crippen molar-refractivity contribution in [1.82, 2.24) is 14.9 Å². The van der Waals surface area contributed by atoms with E-state index in [0.29, 0.717) is 19.0 Å². The Morgan fingerprint density at radius 3 is 2.68 bits per heavy atom. The largest absolute Gasteiger partial charge is 0.342 e. The molecule has 2 heterocycles. The number of carbonyl (C=O) groups excluding carboxylic acids is 1. The van der Waals surface area contributed by atoms with E-state index in [2.05, 4.69) is 37.7 Å². The summed E-state index contributed by atoms with van der Waals surface area (Å²) in [5.74, 6) is 0.768. The molecule has 0 spiro atoms. The average molecular weight is 262 g/mol. The molecule has 104 valence electrons. The third-order valence-electron chi connectivity index (χ3n) is 3.47. The van der Waals surface area contributed by atoms with Crippen molar-refractivity contribution in [2.45, 2.75) is 39.2 Å². The molecule has 5 heteroatoms. The lowest BCUT2D eigenvalue weighted by molar-refractivity contribution is -0.130. The number of hydrogen-bond acceptors (Lipinski definition) is 4. The monoisotopic (exact) mass is 262 g/mol. The summed E-state index contributed by atoms with van der Waals surface area (Å²) in [5, 5.41) is 0. The Morgan fingerprint density at radius 2 is 2.05 bits per heavy atom. The van der Waals surface area contributed by atoms with Crippen molar-refractivity contribution in [3.63, 3.8) is 0 Å². The van der Waals surface area contributed by atoms with Crippen LogP contribution in [0.2, 0.25) is 0 Å². The Bertz CT molecular complexity index is 481. The molecule has 1 aromatic rings. The van der Waals surface area contributed by atoms with Gasteiger partial charge in [-0.3, -0.25) is 4.79 Å². The molecule has 1 aliphatic rings. The molecule has 0 N–H and O–H groups in total. The Labute approximate surface area is 114 Å². The lowest BCUT2D eigenvalue weighted by Gasteiger charge is -2.37. The molecule has 1 atom stereocenters. The minimum absolute atomic E-state index is 0.0164. The van der Waals surface area contributed by atoms with E-state index in [0.717, 1.165) is 5.69 Å². The van der Waals surface area contributed by atoms with Crippen molar-refractivity contribution < 1.29 is 4.79 Å². The molecule has 1 aliphatic heterocycles. The van der Waals surface area contributed by atoms with Gasteiger partial charge in [-0.05, 0) is 13.0 Å². The number of aromatic nitrogens is 2. The van der Waals surface area contributed by atoms with E-state index < -0.39 is 0 Å². The molecule has 1 amide bonds. The highest BCUT2D eigenvalue weighted by Crippen LogP contribution is 2.23. The van der Waals surface area contributed by atoms with E-state index >= 15 is 0 Å². The highest BCUT2D eigenvalue weighted by molar-refractivity contribution is 5.82. The van der Waals surface area contributed by atoms with E-state index in [9.17, 15) is 4.79 Å². The first-order chi connectivity index (χ1) is 8.79. The van der Waals surface area contributed by atoms with Crippen molar-refractivity contribution in [1.29, 1.82) is 0 Å². The fraction of sp³-hybridized carbons (Fsp3) is 0.643. The molecule has 0 unspecified atom stereocenters. The van der Waals surface area contributed by atoms with Crippen molar-refractivity contribution in [2.24, 2.45) is 0 Å². The number of anilines is 1. The van der Waals surface area contributed by atoms with E-state index in [1.807, 2.05) is 18.0 Å². The zero-order chi connectivity index (χ0) is 14.2. The quantitative estimate of drug-likeness (QED) is 0.768. The highest BCUT2D eigenvalue weighted by atomic mass is 16.2. The predicted molar refractivity (Wildman–Crippen MR) is 75.2 cm³/mol. The number of piperazine rings is 1. The fourth-order valence-electron chi connectivity index (χ4n) is 2.19. The zero-order valence-electron chi connectivity index (χ0n) is 12.3. The van der Waals surface area contributed by atoms with Gasteiger partial charge in [0.2, 0.25) is 11.9 Å². The molecule has 0 bridgehead atoms. The fourth-order valence-corrected chi connectivity index (χ4v) is 2.19. The van der Waals surface area contributed by atoms with Crippen LogP contribution < -0.4 is 4.90 Å². The van der Waals surface area contributed by atoms with Crippen LogP contribution in [0.4, 0.5) is 5.95 Å². The number of likely N-dealkylation sites (N-methyl/N-ethyl adjacent to an activating group) is 1. The second-order valence-corrected chi connectivity index (χ2v) is 6.24. The molecular formula is C14H22N4O. The van der Waals surface area contributed by atoms with Gasteiger partial charge in [-0.1, -0.05) is 20.8 Å². The maximum atomic E-state index is 11.8. The van der Waals surface area contributed by atoms with Crippen LogP contribution >= 0.6 is 0 Å². The van der Waals surface area contributed by atoms with Gasteiger partial charge in [0.1, 0.15) is 6.54 Å². The van der Waals surface area contributed by atoms with Crippen LogP contribution in [0.5, 0.6) is 0 Å². The Morgan fingerprint density at radius 1 is 1.37 bits per heavy atom. The summed E-state index contributed by atoms with van der Waals surface area (Å²) >= 11 is 0. The first-order valence-corrected chi connectivity index (χ1v) is 6.63. The molecule has 19 heavy (non-hydrogen) atoms. The van der Waals surface area contributed by atoms with Crippen LogP contribution in [0.25, 0.3) is 0 Å². The van der Waals surface area contributed by atoms with Gasteiger partial charge in [-0.15, -0.1) is 0 Å². The van der Waals surface area contributed by atoms with Crippen molar-refractivity contribution in [3.8, 4) is 0 Å². The average Bonchev–Trinajstić information content (AvgIpc) is 2.33. The Balaban J connectivity index is 2.29. The first kappa shape index (κ1) is 13.8. The predicted octanol–water partition coefficient (Wildman–Crippen LogP) is 1.44. The molecule has 0 aliphatic carbocycles. The maximum Gasteiger partial charge on any atom is 0.242 e. The van der Waals surface area contributed by atoms with Gasteiger partial charge in [-0.25, -0.2) is 9.97 Å².